The molecule has 3 unspecified atom stereocenters. The van der Waals surface area contributed by atoms with E-state index < -0.39 is 0 Å². The highest BCUT2D eigenvalue weighted by atomic mass is 16.3. The number of allylic oxidation sites excluding steroid dienone is 16. The van der Waals surface area contributed by atoms with Gasteiger partial charge in [-0.25, -0.2) is 0 Å². The van der Waals surface area contributed by atoms with Crippen LogP contribution in [0.25, 0.3) is 0 Å². The van der Waals surface area contributed by atoms with Crippen LogP contribution in [0.1, 0.15) is 38.5 Å². The summed E-state index contributed by atoms with van der Waals surface area (Å²) < 4.78 is 0. The first kappa shape index (κ1) is 20.2. The zero-order chi connectivity index (χ0) is 21.4. The third-order valence-corrected chi connectivity index (χ3v) is 6.88. The van der Waals surface area contributed by atoms with Crippen molar-refractivity contribution in [2.75, 3.05) is 0 Å². The average molecular weight is 411 g/mol. The lowest BCUT2D eigenvalue weighted by molar-refractivity contribution is -0.115. The summed E-state index contributed by atoms with van der Waals surface area (Å²) in [6, 6.07) is 0. The third kappa shape index (κ3) is 4.65. The molecular weight excluding hydrogens is 380 g/mol. The predicted octanol–water partition coefficient (Wildman–Crippen LogP) is 6.03. The lowest BCUT2D eigenvalue weighted by Gasteiger charge is -2.22. The van der Waals surface area contributed by atoms with Gasteiger partial charge in [0.25, 0.3) is 0 Å². The fraction of sp³-hybridized carbons (Fsp3) is 0.345. The molecule has 31 heavy (non-hydrogen) atoms. The molecular formula is C29H30O2. The van der Waals surface area contributed by atoms with Gasteiger partial charge in [-0.3, -0.25) is 4.79 Å². The number of ketones is 1. The molecule has 0 spiro atoms. The van der Waals surface area contributed by atoms with E-state index in [0.29, 0.717) is 6.42 Å². The number of Topliss-reactive ketones (excluding diaryl/α,β-unsaturated/α-hetero) is 1. The maximum atomic E-state index is 12.9. The van der Waals surface area contributed by atoms with Crippen molar-refractivity contribution in [3.8, 4) is 0 Å². The van der Waals surface area contributed by atoms with Crippen molar-refractivity contribution in [1.82, 2.24) is 0 Å². The lowest BCUT2D eigenvalue weighted by atomic mass is 9.81. The highest BCUT2D eigenvalue weighted by Gasteiger charge is 2.26. The van der Waals surface area contributed by atoms with Crippen LogP contribution in [0.5, 0.6) is 0 Å². The zero-order valence-electron chi connectivity index (χ0n) is 18.0. The summed E-state index contributed by atoms with van der Waals surface area (Å²) in [7, 11) is 0. The molecule has 5 aliphatic rings. The summed E-state index contributed by atoms with van der Waals surface area (Å²) in [6.07, 6.45) is 28.6. The third-order valence-electron chi connectivity index (χ3n) is 6.88. The van der Waals surface area contributed by atoms with Gasteiger partial charge in [0.15, 0.2) is 5.78 Å². The Kier molecular flexibility index (Phi) is 5.50. The van der Waals surface area contributed by atoms with Gasteiger partial charge in [0, 0.05) is 23.8 Å². The van der Waals surface area contributed by atoms with Gasteiger partial charge in [0.05, 0.1) is 6.10 Å². The van der Waals surface area contributed by atoms with Crippen molar-refractivity contribution in [1.29, 1.82) is 0 Å². The van der Waals surface area contributed by atoms with Crippen LogP contribution in [0.2, 0.25) is 0 Å². The van der Waals surface area contributed by atoms with Crippen molar-refractivity contribution >= 4 is 5.78 Å². The van der Waals surface area contributed by atoms with Gasteiger partial charge in [-0.2, -0.15) is 0 Å². The SMILES string of the molecule is C=C1C=C(C(=O)CCC2=CC3C=C(CC(O)CC4CC4)C=CC3=C2)C=C2C=CC=CC12. The van der Waals surface area contributed by atoms with E-state index >= 15 is 0 Å². The Bertz CT molecular complexity index is 1050. The second-order valence-corrected chi connectivity index (χ2v) is 9.49. The summed E-state index contributed by atoms with van der Waals surface area (Å²) in [5, 5.41) is 10.3. The molecule has 1 N–H and O–H groups in total. The summed E-state index contributed by atoms with van der Waals surface area (Å²) >= 11 is 0. The lowest BCUT2D eigenvalue weighted by Crippen LogP contribution is -2.12. The van der Waals surface area contributed by atoms with Crippen molar-refractivity contribution in [2.24, 2.45) is 17.8 Å². The van der Waals surface area contributed by atoms with Crippen LogP contribution in [-0.2, 0) is 4.79 Å². The van der Waals surface area contributed by atoms with Gasteiger partial charge < -0.3 is 5.11 Å². The molecule has 0 amide bonds. The molecule has 5 rings (SSSR count). The summed E-state index contributed by atoms with van der Waals surface area (Å²) in [5.41, 5.74) is 6.66. The van der Waals surface area contributed by atoms with E-state index in [1.54, 1.807) is 0 Å². The van der Waals surface area contributed by atoms with Crippen LogP contribution >= 0.6 is 0 Å². The number of fused-ring (bicyclic) bond motifs is 2. The maximum absolute atomic E-state index is 12.9. The second-order valence-electron chi connectivity index (χ2n) is 9.49. The highest BCUT2D eigenvalue weighted by molar-refractivity contribution is 5.99. The topological polar surface area (TPSA) is 37.3 Å². The minimum Gasteiger partial charge on any atom is -0.393 e. The Labute approximate surface area is 185 Å². The molecule has 2 nitrogen and oxygen atoms in total. The molecule has 0 aromatic heterocycles. The molecule has 0 aliphatic heterocycles. The second kappa shape index (κ2) is 8.43. The van der Waals surface area contributed by atoms with Crippen LogP contribution in [0.15, 0.2) is 107 Å². The zero-order valence-corrected chi connectivity index (χ0v) is 18.0. The Morgan fingerprint density at radius 3 is 2.71 bits per heavy atom. The van der Waals surface area contributed by atoms with Crippen molar-refractivity contribution in [3.63, 3.8) is 0 Å². The summed E-state index contributed by atoms with van der Waals surface area (Å²) in [4.78, 5) is 12.9. The van der Waals surface area contributed by atoms with Crippen molar-refractivity contribution < 1.29 is 9.90 Å². The van der Waals surface area contributed by atoms with Gasteiger partial charge in [-0.05, 0) is 59.6 Å². The van der Waals surface area contributed by atoms with Gasteiger partial charge in [0.2, 0.25) is 0 Å². The van der Waals surface area contributed by atoms with E-state index in [4.69, 9.17) is 0 Å². The molecule has 1 saturated carbocycles. The monoisotopic (exact) mass is 410 g/mol. The number of hydrogen-bond acceptors (Lipinski definition) is 2. The van der Waals surface area contributed by atoms with Crippen LogP contribution in [0.3, 0.4) is 0 Å². The number of carbonyl (C=O) groups excluding carboxylic acids is 1. The summed E-state index contributed by atoms with van der Waals surface area (Å²) in [6.45, 7) is 4.16. The van der Waals surface area contributed by atoms with E-state index in [1.807, 2.05) is 24.3 Å². The van der Waals surface area contributed by atoms with Gasteiger partial charge >= 0.3 is 0 Å². The van der Waals surface area contributed by atoms with Crippen LogP contribution in [0, 0.1) is 17.8 Å². The molecule has 0 aromatic carbocycles. The van der Waals surface area contributed by atoms with Crippen LogP contribution in [0.4, 0.5) is 0 Å². The first-order valence-corrected chi connectivity index (χ1v) is 11.5. The Balaban J connectivity index is 1.18. The largest absolute Gasteiger partial charge is 0.393 e. The molecule has 1 fully saturated rings. The standard InChI is InChI=1S/C29H30O2/c1-19-12-26(18-24-4-2-3-5-28(19)24)29(31)11-9-21-13-23-10-8-22(15-25(23)14-21)17-27(30)16-20-6-7-20/h2-5,8,10,12-15,18,20,25,27-28,30H,1,6-7,9,11,16-17H2. The normalized spacial score (nSPS) is 27.0. The quantitative estimate of drug-likeness (QED) is 0.530. The molecule has 0 bridgehead atoms. The minimum atomic E-state index is -0.224. The van der Waals surface area contributed by atoms with Gasteiger partial charge in [-0.15, -0.1) is 0 Å². The maximum Gasteiger partial charge on any atom is 0.163 e. The Hall–Kier alpha value is -2.71. The van der Waals surface area contributed by atoms with E-state index in [0.717, 1.165) is 41.9 Å². The molecule has 0 saturated heterocycles. The van der Waals surface area contributed by atoms with Crippen molar-refractivity contribution in [3.05, 3.63) is 107 Å². The van der Waals surface area contributed by atoms with Crippen LogP contribution in [-0.4, -0.2) is 17.0 Å². The molecule has 2 heteroatoms. The van der Waals surface area contributed by atoms with E-state index in [9.17, 15) is 9.90 Å². The van der Waals surface area contributed by atoms with Gasteiger partial charge in [0.1, 0.15) is 0 Å². The minimum absolute atomic E-state index is 0.180. The molecule has 5 aliphatic carbocycles. The molecule has 0 heterocycles. The number of aliphatic hydroxyl groups is 1. The number of aliphatic hydroxyl groups excluding tert-OH is 1. The first-order valence-electron chi connectivity index (χ1n) is 11.5. The van der Waals surface area contributed by atoms with E-state index in [-0.39, 0.29) is 23.7 Å². The Morgan fingerprint density at radius 1 is 1.03 bits per heavy atom. The van der Waals surface area contributed by atoms with Gasteiger partial charge in [-0.1, -0.05) is 79.7 Å². The van der Waals surface area contributed by atoms with Crippen molar-refractivity contribution in [2.45, 2.75) is 44.6 Å². The molecule has 158 valence electrons. The van der Waals surface area contributed by atoms with E-state index in [1.165, 1.54) is 29.6 Å². The van der Waals surface area contributed by atoms with E-state index in [2.05, 4.69) is 49.1 Å². The molecule has 0 radical (unpaired) electrons. The molecule has 0 aromatic rings. The molecule has 3 atom stereocenters. The fourth-order valence-electron chi connectivity index (χ4n) is 4.97. The van der Waals surface area contributed by atoms with Crippen LogP contribution < -0.4 is 0 Å². The summed E-state index contributed by atoms with van der Waals surface area (Å²) in [5.74, 6) is 1.42. The predicted molar refractivity (Wildman–Crippen MR) is 126 cm³/mol. The highest BCUT2D eigenvalue weighted by Crippen LogP contribution is 2.37. The first-order chi connectivity index (χ1) is 15.0. The number of carbonyl (C=O) groups is 1. The smallest absolute Gasteiger partial charge is 0.163 e. The fourth-order valence-corrected chi connectivity index (χ4v) is 4.97. The average Bonchev–Trinajstić information content (AvgIpc) is 3.47. The number of rotatable bonds is 8. The number of hydrogen-bond donors (Lipinski definition) is 1. The Morgan fingerprint density at radius 2 is 1.87 bits per heavy atom.